The van der Waals surface area contributed by atoms with Crippen molar-refractivity contribution in [1.82, 2.24) is 14.5 Å². The highest BCUT2D eigenvalue weighted by Crippen LogP contribution is 2.22. The molecule has 0 aromatic heterocycles. The van der Waals surface area contributed by atoms with Gasteiger partial charge >= 0.3 is 10.2 Å². The van der Waals surface area contributed by atoms with Crippen LogP contribution in [0.2, 0.25) is 0 Å². The van der Waals surface area contributed by atoms with Gasteiger partial charge in [0, 0.05) is 38.6 Å². The first-order valence-corrected chi connectivity index (χ1v) is 13.9. The number of benzene rings is 3. The molecule has 0 bridgehead atoms. The van der Waals surface area contributed by atoms with Crippen LogP contribution >= 0.6 is 15.9 Å². The summed E-state index contributed by atoms with van der Waals surface area (Å²) < 4.78 is 29.4. The number of nitrogens with one attached hydrogen (secondary N) is 1. The molecule has 0 heterocycles. The standard InChI is InChI=1S/C27H31BrN4O4S/c1-29-27(34)25(18-21-11-6-4-7-12-21)31(19-22-13-10-14-23(28)17-22)26(33)20-32(37(35,36)30(2)3)24-15-8-5-9-16-24/h4-17,25H,18-20H2,1-3H3,(H,29,34). The van der Waals surface area contributed by atoms with Gasteiger partial charge in [0.1, 0.15) is 12.6 Å². The van der Waals surface area contributed by atoms with Crippen molar-refractivity contribution in [2.24, 2.45) is 0 Å². The molecule has 0 fully saturated rings. The summed E-state index contributed by atoms with van der Waals surface area (Å²) in [4.78, 5) is 28.5. The second kappa shape index (κ2) is 12.8. The third kappa shape index (κ3) is 7.41. The number of hydrogen-bond acceptors (Lipinski definition) is 4. The maximum Gasteiger partial charge on any atom is 0.304 e. The Labute approximate surface area is 227 Å². The number of likely N-dealkylation sites (N-methyl/N-ethyl adjacent to an activating group) is 1. The monoisotopic (exact) mass is 586 g/mol. The smallest absolute Gasteiger partial charge is 0.304 e. The predicted octanol–water partition coefficient (Wildman–Crippen LogP) is 3.45. The normalized spacial score (nSPS) is 12.1. The fourth-order valence-corrected chi connectivity index (χ4v) is 5.37. The van der Waals surface area contributed by atoms with Crippen molar-refractivity contribution in [3.05, 3.63) is 101 Å². The zero-order valence-electron chi connectivity index (χ0n) is 21.0. The van der Waals surface area contributed by atoms with Gasteiger partial charge in [-0.2, -0.15) is 12.7 Å². The quantitative estimate of drug-likeness (QED) is 0.372. The van der Waals surface area contributed by atoms with Crippen LogP contribution in [-0.2, 0) is 32.8 Å². The summed E-state index contributed by atoms with van der Waals surface area (Å²) in [7, 11) is 0.352. The van der Waals surface area contributed by atoms with Crippen LogP contribution in [0.5, 0.6) is 0 Å². The average molecular weight is 588 g/mol. The zero-order valence-corrected chi connectivity index (χ0v) is 23.4. The molecule has 0 radical (unpaired) electrons. The molecule has 196 valence electrons. The molecule has 0 spiro atoms. The lowest BCUT2D eigenvalue weighted by atomic mass is 10.0. The molecule has 1 unspecified atom stereocenters. The molecule has 0 saturated carbocycles. The Hall–Kier alpha value is -3.21. The lowest BCUT2D eigenvalue weighted by molar-refractivity contribution is -0.139. The number of nitrogens with zero attached hydrogens (tertiary/aromatic N) is 3. The molecule has 10 heteroatoms. The molecule has 37 heavy (non-hydrogen) atoms. The first-order chi connectivity index (χ1) is 17.6. The maximum atomic E-state index is 13.9. The van der Waals surface area contributed by atoms with E-state index in [1.165, 1.54) is 26.0 Å². The number of halogens is 1. The van der Waals surface area contributed by atoms with Gasteiger partial charge in [-0.25, -0.2) is 4.31 Å². The van der Waals surface area contributed by atoms with Crippen molar-refractivity contribution < 1.29 is 18.0 Å². The molecule has 1 atom stereocenters. The molecule has 0 aliphatic carbocycles. The minimum atomic E-state index is -4.00. The van der Waals surface area contributed by atoms with E-state index in [4.69, 9.17) is 0 Å². The summed E-state index contributed by atoms with van der Waals surface area (Å²) >= 11 is 3.46. The third-order valence-electron chi connectivity index (χ3n) is 5.82. The Balaban J connectivity index is 2.05. The van der Waals surface area contributed by atoms with E-state index in [1.807, 2.05) is 54.6 Å². The number of hydrogen-bond donors (Lipinski definition) is 1. The van der Waals surface area contributed by atoms with Crippen LogP contribution in [0.3, 0.4) is 0 Å². The first-order valence-electron chi connectivity index (χ1n) is 11.7. The minimum Gasteiger partial charge on any atom is -0.357 e. The Morgan fingerprint density at radius 3 is 2.05 bits per heavy atom. The second-order valence-electron chi connectivity index (χ2n) is 8.60. The molecule has 1 N–H and O–H groups in total. The van der Waals surface area contributed by atoms with E-state index in [9.17, 15) is 18.0 Å². The number of para-hydroxylation sites is 1. The SMILES string of the molecule is CNC(=O)C(Cc1ccccc1)N(Cc1cccc(Br)c1)C(=O)CN(c1ccccc1)S(=O)(=O)N(C)C. The van der Waals surface area contributed by atoms with Crippen molar-refractivity contribution in [3.63, 3.8) is 0 Å². The lowest BCUT2D eigenvalue weighted by Crippen LogP contribution is -2.53. The fourth-order valence-electron chi connectivity index (χ4n) is 3.86. The number of carbonyl (C=O) groups is 2. The van der Waals surface area contributed by atoms with Crippen LogP contribution in [0.1, 0.15) is 11.1 Å². The van der Waals surface area contributed by atoms with Gasteiger partial charge in [-0.3, -0.25) is 9.59 Å². The van der Waals surface area contributed by atoms with Gasteiger partial charge in [0.25, 0.3) is 0 Å². The summed E-state index contributed by atoms with van der Waals surface area (Å²) in [6.45, 7) is -0.353. The van der Waals surface area contributed by atoms with Crippen molar-refractivity contribution in [1.29, 1.82) is 0 Å². The minimum absolute atomic E-state index is 0.119. The predicted molar refractivity (Wildman–Crippen MR) is 149 cm³/mol. The second-order valence-corrected chi connectivity index (χ2v) is 11.6. The topological polar surface area (TPSA) is 90.0 Å². The molecular formula is C27H31BrN4O4S. The molecule has 0 saturated heterocycles. The van der Waals surface area contributed by atoms with Crippen molar-refractivity contribution in [3.8, 4) is 0 Å². The van der Waals surface area contributed by atoms with Crippen LogP contribution in [0.4, 0.5) is 5.69 Å². The van der Waals surface area contributed by atoms with Crippen molar-refractivity contribution >= 4 is 43.6 Å². The molecule has 3 rings (SSSR count). The average Bonchev–Trinajstić information content (AvgIpc) is 2.89. The molecule has 0 aliphatic heterocycles. The van der Waals surface area contributed by atoms with E-state index in [0.29, 0.717) is 5.69 Å². The van der Waals surface area contributed by atoms with Gasteiger partial charge in [0.2, 0.25) is 11.8 Å². The lowest BCUT2D eigenvalue weighted by Gasteiger charge is -2.34. The summed E-state index contributed by atoms with van der Waals surface area (Å²) in [6, 6.07) is 24.5. The summed E-state index contributed by atoms with van der Waals surface area (Å²) in [5.74, 6) is -0.840. The van der Waals surface area contributed by atoms with Crippen molar-refractivity contribution in [2.45, 2.75) is 19.0 Å². The molecule has 8 nitrogen and oxygen atoms in total. The van der Waals surface area contributed by atoms with E-state index in [2.05, 4.69) is 21.2 Å². The van der Waals surface area contributed by atoms with Gasteiger partial charge in [-0.05, 0) is 35.4 Å². The highest BCUT2D eigenvalue weighted by molar-refractivity contribution is 9.10. The van der Waals surface area contributed by atoms with Crippen LogP contribution in [0, 0.1) is 0 Å². The van der Waals surface area contributed by atoms with Gasteiger partial charge in [0.05, 0.1) is 5.69 Å². The first kappa shape index (κ1) is 28.4. The summed E-state index contributed by atoms with van der Waals surface area (Å²) in [5.41, 5.74) is 2.03. The van der Waals surface area contributed by atoms with Gasteiger partial charge in [0.15, 0.2) is 0 Å². The summed E-state index contributed by atoms with van der Waals surface area (Å²) in [6.07, 6.45) is 0.270. The maximum absolute atomic E-state index is 13.9. The number of amides is 2. The molecule has 3 aromatic carbocycles. The highest BCUT2D eigenvalue weighted by Gasteiger charge is 2.34. The fraction of sp³-hybridized carbons (Fsp3) is 0.259. The van der Waals surface area contributed by atoms with Crippen LogP contribution in [0.15, 0.2) is 89.4 Å². The molecular weight excluding hydrogens is 556 g/mol. The van der Waals surface area contributed by atoms with E-state index >= 15 is 0 Å². The Morgan fingerprint density at radius 2 is 1.49 bits per heavy atom. The van der Waals surface area contributed by atoms with Crippen molar-refractivity contribution in [2.75, 3.05) is 32.0 Å². The van der Waals surface area contributed by atoms with Crippen LogP contribution in [-0.4, -0.2) is 63.2 Å². The van der Waals surface area contributed by atoms with Crippen LogP contribution in [0.25, 0.3) is 0 Å². The van der Waals surface area contributed by atoms with E-state index < -0.39 is 28.7 Å². The van der Waals surface area contributed by atoms with Gasteiger partial charge in [-0.15, -0.1) is 0 Å². The Bertz CT molecular complexity index is 1300. The van der Waals surface area contributed by atoms with Crippen LogP contribution < -0.4 is 9.62 Å². The molecule has 2 amide bonds. The van der Waals surface area contributed by atoms with Gasteiger partial charge in [-0.1, -0.05) is 76.6 Å². The zero-order chi connectivity index (χ0) is 27.0. The van der Waals surface area contributed by atoms with E-state index in [0.717, 1.165) is 24.2 Å². The number of carbonyl (C=O) groups excluding carboxylic acids is 2. The number of rotatable bonds is 11. The van der Waals surface area contributed by atoms with E-state index in [-0.39, 0.29) is 18.9 Å². The van der Waals surface area contributed by atoms with Gasteiger partial charge < -0.3 is 10.2 Å². The largest absolute Gasteiger partial charge is 0.357 e. The Morgan fingerprint density at radius 1 is 0.892 bits per heavy atom. The summed E-state index contributed by atoms with van der Waals surface area (Å²) in [5, 5.41) is 2.67. The third-order valence-corrected chi connectivity index (χ3v) is 8.14. The highest BCUT2D eigenvalue weighted by atomic mass is 79.9. The number of anilines is 1. The Kier molecular flexibility index (Phi) is 9.85. The molecule has 3 aromatic rings. The van der Waals surface area contributed by atoms with E-state index in [1.54, 1.807) is 30.3 Å². The molecule has 0 aliphatic rings.